The molecule has 214 valence electrons. The highest BCUT2D eigenvalue weighted by molar-refractivity contribution is 8.00. The molecule has 0 saturated heterocycles. The molecule has 0 saturated carbocycles. The number of allylic oxidation sites excluding steroid dienone is 4. The van der Waals surface area contributed by atoms with E-state index < -0.39 is 0 Å². The Morgan fingerprint density at radius 3 is 2.07 bits per heavy atom. The van der Waals surface area contributed by atoms with Crippen molar-refractivity contribution in [1.29, 1.82) is 0 Å². The summed E-state index contributed by atoms with van der Waals surface area (Å²) in [6.07, 6.45) is 6.43. The Balaban J connectivity index is 1.23. The van der Waals surface area contributed by atoms with Crippen LogP contribution in [0.1, 0.15) is 11.1 Å². The molecule has 0 fully saturated rings. The Bertz CT molecular complexity index is 2220. The van der Waals surface area contributed by atoms with Crippen molar-refractivity contribution in [3.8, 4) is 28.7 Å². The van der Waals surface area contributed by atoms with Crippen molar-refractivity contribution in [2.45, 2.75) is 4.90 Å². The van der Waals surface area contributed by atoms with Gasteiger partial charge < -0.3 is 0 Å². The average Bonchev–Trinajstić information content (AvgIpc) is 3.67. The fourth-order valence-corrected chi connectivity index (χ4v) is 6.98. The lowest BCUT2D eigenvalue weighted by Gasteiger charge is -2.11. The first kappa shape index (κ1) is 27.1. The Morgan fingerprint density at radius 2 is 1.31 bits per heavy atom. The molecule has 4 nitrogen and oxygen atoms in total. The van der Waals surface area contributed by atoms with Crippen LogP contribution in [0.5, 0.6) is 0 Å². The molecule has 0 spiro atoms. The molecule has 8 rings (SSSR count). The van der Waals surface area contributed by atoms with Crippen LogP contribution in [0.3, 0.4) is 0 Å². The summed E-state index contributed by atoms with van der Waals surface area (Å²) in [7, 11) is 0. The molecule has 5 aromatic carbocycles. The van der Waals surface area contributed by atoms with Crippen LogP contribution < -0.4 is 0 Å². The number of hydrogen-bond donors (Lipinski definition) is 0. The van der Waals surface area contributed by atoms with Crippen LogP contribution in [0.25, 0.3) is 61.7 Å². The predicted octanol–water partition coefficient (Wildman–Crippen LogP) is 10.1. The van der Waals surface area contributed by atoms with Gasteiger partial charge >= 0.3 is 0 Å². The summed E-state index contributed by atoms with van der Waals surface area (Å²) in [6, 6.07) is 43.7. The van der Waals surface area contributed by atoms with Gasteiger partial charge in [-0.1, -0.05) is 128 Å². The van der Waals surface area contributed by atoms with Gasteiger partial charge in [-0.2, -0.15) is 9.97 Å². The molecule has 0 radical (unpaired) electrons. The smallest absolute Gasteiger partial charge is 0.238 e. The van der Waals surface area contributed by atoms with Gasteiger partial charge in [-0.3, -0.25) is 4.57 Å². The molecule has 45 heavy (non-hydrogen) atoms. The fraction of sp³-hybridized carbons (Fsp3) is 0.0250. The highest BCUT2D eigenvalue weighted by Crippen LogP contribution is 2.39. The van der Waals surface area contributed by atoms with Crippen molar-refractivity contribution in [2.75, 3.05) is 5.75 Å². The van der Waals surface area contributed by atoms with E-state index in [4.69, 9.17) is 15.0 Å². The van der Waals surface area contributed by atoms with Crippen LogP contribution >= 0.6 is 11.8 Å². The molecule has 0 aliphatic carbocycles. The molecular weight excluding hydrogens is 569 g/mol. The molecular formula is C40H28N4S. The van der Waals surface area contributed by atoms with E-state index in [9.17, 15) is 0 Å². The van der Waals surface area contributed by atoms with E-state index in [-0.39, 0.29) is 0 Å². The van der Waals surface area contributed by atoms with Crippen LogP contribution in [-0.2, 0) is 0 Å². The number of hydrogen-bond acceptors (Lipinski definition) is 4. The van der Waals surface area contributed by atoms with E-state index in [0.29, 0.717) is 17.6 Å². The number of thioether (sulfide) groups is 1. The first-order chi connectivity index (χ1) is 22.2. The second kappa shape index (κ2) is 11.5. The van der Waals surface area contributed by atoms with Gasteiger partial charge in [-0.25, -0.2) is 4.98 Å². The monoisotopic (exact) mass is 596 g/mol. The van der Waals surface area contributed by atoms with Crippen LogP contribution in [0.2, 0.25) is 0 Å². The molecule has 7 aromatic rings. The summed E-state index contributed by atoms with van der Waals surface area (Å²) < 4.78 is 2.15. The molecule has 0 atom stereocenters. The molecule has 0 bridgehead atoms. The van der Waals surface area contributed by atoms with Crippen molar-refractivity contribution in [1.82, 2.24) is 19.5 Å². The zero-order valence-electron chi connectivity index (χ0n) is 24.5. The zero-order valence-corrected chi connectivity index (χ0v) is 25.3. The molecule has 0 unspecified atom stereocenters. The molecule has 3 heterocycles. The minimum atomic E-state index is 0.585. The topological polar surface area (TPSA) is 43.6 Å². The Labute approximate surface area is 266 Å². The Morgan fingerprint density at radius 1 is 0.667 bits per heavy atom. The second-order valence-electron chi connectivity index (χ2n) is 11.0. The van der Waals surface area contributed by atoms with Gasteiger partial charge in [0.2, 0.25) is 5.95 Å². The van der Waals surface area contributed by atoms with E-state index in [0.717, 1.165) is 49.8 Å². The highest BCUT2D eigenvalue weighted by atomic mass is 32.2. The number of nitrogens with zero attached hydrogens (tertiary/aromatic N) is 4. The zero-order chi connectivity index (χ0) is 30.2. The normalized spacial score (nSPS) is 13.6. The standard InChI is InChI=1S/C40H28N4S/c1-27(13-12-18-31-26-45-37-22-11-9-19-32(31)37)30-23-24-36-34(25-30)33-20-8-10-21-35(33)44(36)40-42-38(28-14-4-2-5-15-28)41-39(43-40)29-16-6-3-7-17-29/h2-25H,1,26H2/b13-12-,31-18+. The second-order valence-corrected chi connectivity index (χ2v) is 12.0. The number of benzene rings is 5. The molecule has 1 aliphatic rings. The Hall–Kier alpha value is -5.52. The minimum Gasteiger partial charge on any atom is -0.278 e. The predicted molar refractivity (Wildman–Crippen MR) is 188 cm³/mol. The number of fused-ring (bicyclic) bond motifs is 4. The number of rotatable bonds is 6. The average molecular weight is 597 g/mol. The number of para-hydroxylation sites is 1. The van der Waals surface area contributed by atoms with E-state index in [2.05, 4.69) is 96.1 Å². The maximum absolute atomic E-state index is 5.03. The third kappa shape index (κ3) is 5.07. The summed E-state index contributed by atoms with van der Waals surface area (Å²) in [6.45, 7) is 4.41. The van der Waals surface area contributed by atoms with Gasteiger partial charge in [-0.05, 0) is 46.5 Å². The van der Waals surface area contributed by atoms with Crippen LogP contribution in [0.15, 0.2) is 157 Å². The molecule has 5 heteroatoms. The Kier molecular flexibility index (Phi) is 6.93. The summed E-state index contributed by atoms with van der Waals surface area (Å²) in [4.78, 5) is 16.3. The summed E-state index contributed by atoms with van der Waals surface area (Å²) in [5.41, 5.74) is 8.67. The van der Waals surface area contributed by atoms with Crippen molar-refractivity contribution in [2.24, 2.45) is 0 Å². The van der Waals surface area contributed by atoms with Gasteiger partial charge in [-0.15, -0.1) is 11.8 Å². The van der Waals surface area contributed by atoms with Crippen LogP contribution in [-0.4, -0.2) is 25.3 Å². The molecule has 2 aromatic heterocycles. The highest BCUT2D eigenvalue weighted by Gasteiger charge is 2.18. The summed E-state index contributed by atoms with van der Waals surface area (Å²) in [5.74, 6) is 2.86. The van der Waals surface area contributed by atoms with Gasteiger partial charge in [0.05, 0.1) is 11.0 Å². The van der Waals surface area contributed by atoms with Crippen LogP contribution in [0.4, 0.5) is 0 Å². The summed E-state index contributed by atoms with van der Waals surface area (Å²) in [5, 5.41) is 2.26. The van der Waals surface area contributed by atoms with Crippen LogP contribution in [0, 0.1) is 0 Å². The maximum atomic E-state index is 5.03. The largest absolute Gasteiger partial charge is 0.278 e. The lowest BCUT2D eigenvalue weighted by atomic mass is 10.0. The van der Waals surface area contributed by atoms with Crippen molar-refractivity contribution < 1.29 is 0 Å². The first-order valence-corrected chi connectivity index (χ1v) is 15.9. The molecule has 0 N–H and O–H groups in total. The lowest BCUT2D eigenvalue weighted by molar-refractivity contribution is 0.953. The molecule has 0 amide bonds. The maximum Gasteiger partial charge on any atom is 0.238 e. The van der Waals surface area contributed by atoms with Crippen molar-refractivity contribution in [3.05, 3.63) is 163 Å². The fourth-order valence-electron chi connectivity index (χ4n) is 5.89. The van der Waals surface area contributed by atoms with Gasteiger partial charge in [0.1, 0.15) is 0 Å². The van der Waals surface area contributed by atoms with Gasteiger partial charge in [0, 0.05) is 32.5 Å². The number of aromatic nitrogens is 4. The van der Waals surface area contributed by atoms with Crippen molar-refractivity contribution in [3.63, 3.8) is 0 Å². The molecule has 1 aliphatic heterocycles. The van der Waals surface area contributed by atoms with Gasteiger partial charge in [0.15, 0.2) is 11.6 Å². The quantitative estimate of drug-likeness (QED) is 0.179. The minimum absolute atomic E-state index is 0.585. The van der Waals surface area contributed by atoms with E-state index in [1.54, 1.807) is 0 Å². The lowest BCUT2D eigenvalue weighted by Crippen LogP contribution is -2.06. The first-order valence-electron chi connectivity index (χ1n) is 14.9. The summed E-state index contributed by atoms with van der Waals surface area (Å²) >= 11 is 1.89. The van der Waals surface area contributed by atoms with Gasteiger partial charge in [0.25, 0.3) is 0 Å². The van der Waals surface area contributed by atoms with E-state index >= 15 is 0 Å². The third-order valence-electron chi connectivity index (χ3n) is 8.14. The van der Waals surface area contributed by atoms with E-state index in [1.165, 1.54) is 16.0 Å². The third-order valence-corrected chi connectivity index (χ3v) is 9.26. The van der Waals surface area contributed by atoms with E-state index in [1.807, 2.05) is 72.4 Å². The van der Waals surface area contributed by atoms with Crippen molar-refractivity contribution >= 4 is 44.7 Å². The SMILES string of the molecule is C=C(/C=C\C=C1/CSc2ccccc21)c1ccc2c(c1)c1ccccc1n2-c1nc(-c2ccccc2)nc(-c2ccccc2)n1.